The zero-order chi connectivity index (χ0) is 27.4. The summed E-state index contributed by atoms with van der Waals surface area (Å²) < 4.78 is 41.2. The van der Waals surface area contributed by atoms with E-state index in [-0.39, 0.29) is 34.3 Å². The Morgan fingerprint density at radius 3 is 1.78 bits per heavy atom. The van der Waals surface area contributed by atoms with Crippen molar-refractivity contribution in [3.05, 3.63) is 101 Å². The van der Waals surface area contributed by atoms with E-state index in [1.807, 2.05) is 12.1 Å². The second-order valence-electron chi connectivity index (χ2n) is 9.98. The molecule has 1 unspecified atom stereocenters. The molecule has 1 atom stereocenters. The van der Waals surface area contributed by atoms with Crippen molar-refractivity contribution in [2.75, 3.05) is 0 Å². The third-order valence-electron chi connectivity index (χ3n) is 5.65. The number of hydrogen-bond acceptors (Lipinski definition) is 4. The molecule has 37 heavy (non-hydrogen) atoms. The normalized spacial score (nSPS) is 12.6. The van der Waals surface area contributed by atoms with E-state index in [0.29, 0.717) is 5.56 Å². The van der Waals surface area contributed by atoms with Gasteiger partial charge in [-0.05, 0) is 59.4 Å². The van der Waals surface area contributed by atoms with Gasteiger partial charge in [-0.1, -0.05) is 57.2 Å². The maximum Gasteiger partial charge on any atom is 0.573 e. The number of halogens is 3. The first-order valence-corrected chi connectivity index (χ1v) is 11.6. The summed E-state index contributed by atoms with van der Waals surface area (Å²) in [5, 5.41) is 9.13. The molecule has 0 aliphatic carbocycles. The monoisotopic (exact) mass is 512 g/mol. The Labute approximate surface area is 212 Å². The van der Waals surface area contributed by atoms with Crippen molar-refractivity contribution in [3.8, 4) is 5.75 Å². The van der Waals surface area contributed by atoms with Crippen LogP contribution in [0.3, 0.4) is 0 Å². The molecule has 0 saturated heterocycles. The van der Waals surface area contributed by atoms with Gasteiger partial charge in [0.25, 0.3) is 0 Å². The maximum absolute atomic E-state index is 13.5. The molecule has 0 spiro atoms. The van der Waals surface area contributed by atoms with Crippen LogP contribution in [0.2, 0.25) is 0 Å². The van der Waals surface area contributed by atoms with Gasteiger partial charge in [0.1, 0.15) is 5.75 Å². The maximum atomic E-state index is 13.5. The Morgan fingerprint density at radius 1 is 0.784 bits per heavy atom. The Balaban J connectivity index is 1.89. The average molecular weight is 513 g/mol. The number of Topliss-reactive ketones (excluding diaryl/α,β-unsaturated/α-hetero) is 2. The SMILES string of the molecule is CC(C)(C)Cc1ccc(C(CC(=O)c2ccc(OC(F)(F)F)cc2)C(=O)c2ccc(C(=O)O)cc2)cc1. The summed E-state index contributed by atoms with van der Waals surface area (Å²) in [5.74, 6) is -3.26. The number of rotatable bonds is 9. The van der Waals surface area contributed by atoms with Crippen molar-refractivity contribution in [2.24, 2.45) is 5.41 Å². The summed E-state index contributed by atoms with van der Waals surface area (Å²) >= 11 is 0. The van der Waals surface area contributed by atoms with E-state index in [1.165, 1.54) is 36.4 Å². The smallest absolute Gasteiger partial charge is 0.478 e. The Bertz CT molecular complexity index is 1250. The molecule has 8 heteroatoms. The number of ketones is 2. The van der Waals surface area contributed by atoms with E-state index < -0.39 is 29.8 Å². The van der Waals surface area contributed by atoms with Crippen molar-refractivity contribution in [3.63, 3.8) is 0 Å². The first-order valence-electron chi connectivity index (χ1n) is 11.6. The number of carbonyl (C=O) groups excluding carboxylic acids is 2. The minimum Gasteiger partial charge on any atom is -0.478 e. The predicted octanol–water partition coefficient (Wildman–Crippen LogP) is 7.11. The van der Waals surface area contributed by atoms with Crippen LogP contribution in [0, 0.1) is 5.41 Å². The Morgan fingerprint density at radius 2 is 1.30 bits per heavy atom. The number of benzene rings is 3. The molecule has 1 N–H and O–H groups in total. The molecule has 0 aliphatic heterocycles. The van der Waals surface area contributed by atoms with Crippen molar-refractivity contribution in [1.29, 1.82) is 0 Å². The van der Waals surface area contributed by atoms with Crippen molar-refractivity contribution >= 4 is 17.5 Å². The molecule has 194 valence electrons. The van der Waals surface area contributed by atoms with E-state index >= 15 is 0 Å². The van der Waals surface area contributed by atoms with Gasteiger partial charge in [0.05, 0.1) is 11.5 Å². The molecule has 0 bridgehead atoms. The summed E-state index contributed by atoms with van der Waals surface area (Å²) in [4.78, 5) is 37.7. The second-order valence-corrected chi connectivity index (χ2v) is 9.98. The van der Waals surface area contributed by atoms with Crippen molar-refractivity contribution in [2.45, 2.75) is 45.9 Å². The van der Waals surface area contributed by atoms with E-state index in [9.17, 15) is 27.6 Å². The first kappa shape index (κ1) is 27.6. The molecule has 0 aromatic heterocycles. The standard InChI is InChI=1S/C29H27F3O5/c1-28(2,3)17-18-4-6-19(7-5-18)24(26(34)21-8-10-22(11-9-21)27(35)36)16-25(33)20-12-14-23(15-13-20)37-29(30,31)32/h4-15,24H,16-17H2,1-3H3,(H,35,36). The minimum atomic E-state index is -4.85. The fraction of sp³-hybridized carbons (Fsp3) is 0.276. The molecule has 0 saturated carbocycles. The topological polar surface area (TPSA) is 80.7 Å². The van der Waals surface area contributed by atoms with E-state index in [1.54, 1.807) is 12.1 Å². The van der Waals surface area contributed by atoms with Gasteiger partial charge in [0.2, 0.25) is 0 Å². The number of hydrogen-bond donors (Lipinski definition) is 1. The van der Waals surface area contributed by atoms with Gasteiger partial charge in [0.15, 0.2) is 11.6 Å². The third-order valence-corrected chi connectivity index (χ3v) is 5.65. The van der Waals surface area contributed by atoms with Crippen LogP contribution >= 0.6 is 0 Å². The number of alkyl halides is 3. The second kappa shape index (κ2) is 11.0. The molecule has 3 aromatic carbocycles. The van der Waals surface area contributed by atoms with Gasteiger partial charge < -0.3 is 9.84 Å². The minimum absolute atomic E-state index is 0.0249. The highest BCUT2D eigenvalue weighted by atomic mass is 19.4. The molecule has 3 rings (SSSR count). The number of aromatic carboxylic acids is 1. The van der Waals surface area contributed by atoms with Crippen molar-refractivity contribution in [1.82, 2.24) is 0 Å². The van der Waals surface area contributed by atoms with Crippen LogP contribution in [0.4, 0.5) is 13.2 Å². The number of carbonyl (C=O) groups is 3. The predicted molar refractivity (Wildman–Crippen MR) is 132 cm³/mol. The molecule has 3 aromatic rings. The lowest BCUT2D eigenvalue weighted by Gasteiger charge is -2.20. The quantitative estimate of drug-likeness (QED) is 0.309. The summed E-state index contributed by atoms with van der Waals surface area (Å²) in [6, 6.07) is 17.4. The molecule has 5 nitrogen and oxygen atoms in total. The molecular formula is C29H27F3O5. The van der Waals surface area contributed by atoms with Crippen LogP contribution in [-0.2, 0) is 6.42 Å². The molecule has 0 amide bonds. The lowest BCUT2D eigenvalue weighted by Crippen LogP contribution is -2.18. The van der Waals surface area contributed by atoms with Crippen LogP contribution in [-0.4, -0.2) is 29.0 Å². The number of carboxylic acid groups (broad SMARTS) is 1. The number of ether oxygens (including phenoxy) is 1. The lowest BCUT2D eigenvalue weighted by molar-refractivity contribution is -0.274. The fourth-order valence-electron chi connectivity index (χ4n) is 3.97. The summed E-state index contributed by atoms with van der Waals surface area (Å²) in [6.45, 7) is 6.33. The lowest BCUT2D eigenvalue weighted by atomic mass is 9.83. The van der Waals surface area contributed by atoms with Crippen LogP contribution in [0.15, 0.2) is 72.8 Å². The molecule has 0 heterocycles. The van der Waals surface area contributed by atoms with Gasteiger partial charge in [-0.15, -0.1) is 13.2 Å². The van der Waals surface area contributed by atoms with E-state index in [0.717, 1.165) is 24.1 Å². The first-order chi connectivity index (χ1) is 17.2. The van der Waals surface area contributed by atoms with Gasteiger partial charge in [0, 0.05) is 17.5 Å². The van der Waals surface area contributed by atoms with Gasteiger partial charge in [-0.2, -0.15) is 0 Å². The van der Waals surface area contributed by atoms with Crippen LogP contribution in [0.5, 0.6) is 5.75 Å². The number of carboxylic acids is 1. The molecule has 0 radical (unpaired) electrons. The highest BCUT2D eigenvalue weighted by molar-refractivity contribution is 6.06. The zero-order valence-corrected chi connectivity index (χ0v) is 20.6. The van der Waals surface area contributed by atoms with Crippen LogP contribution in [0.1, 0.15) is 75.3 Å². The van der Waals surface area contributed by atoms with Gasteiger partial charge in [-0.25, -0.2) is 4.79 Å². The molecule has 0 fully saturated rings. The largest absolute Gasteiger partial charge is 0.573 e. The molecule has 0 aliphatic rings. The van der Waals surface area contributed by atoms with Gasteiger partial charge in [-0.3, -0.25) is 9.59 Å². The summed E-state index contributed by atoms with van der Waals surface area (Å²) in [5.41, 5.74) is 2.14. The fourth-order valence-corrected chi connectivity index (χ4v) is 3.97. The third kappa shape index (κ3) is 8.03. The van der Waals surface area contributed by atoms with Gasteiger partial charge >= 0.3 is 12.3 Å². The van der Waals surface area contributed by atoms with E-state index in [2.05, 4.69) is 25.5 Å². The highest BCUT2D eigenvalue weighted by Gasteiger charge is 2.31. The van der Waals surface area contributed by atoms with E-state index in [4.69, 9.17) is 5.11 Å². The zero-order valence-electron chi connectivity index (χ0n) is 20.6. The Hall–Kier alpha value is -3.94. The average Bonchev–Trinajstić information content (AvgIpc) is 2.81. The van der Waals surface area contributed by atoms with Crippen LogP contribution in [0.25, 0.3) is 0 Å². The Kier molecular flexibility index (Phi) is 8.21. The summed E-state index contributed by atoms with van der Waals surface area (Å²) in [6.07, 6.45) is -4.26. The summed E-state index contributed by atoms with van der Waals surface area (Å²) in [7, 11) is 0. The van der Waals surface area contributed by atoms with Crippen LogP contribution < -0.4 is 4.74 Å². The highest BCUT2D eigenvalue weighted by Crippen LogP contribution is 2.29. The van der Waals surface area contributed by atoms with Crippen molar-refractivity contribution < 1.29 is 37.4 Å². The molecular weight excluding hydrogens is 485 g/mol.